The molecule has 1 fully saturated rings. The largest absolute Gasteiger partial charge is 0.494 e. The molecule has 0 amide bonds. The lowest BCUT2D eigenvalue weighted by atomic mass is 10.0. The summed E-state index contributed by atoms with van der Waals surface area (Å²) in [5.74, 6) is 0.967. The second-order valence-corrected chi connectivity index (χ2v) is 7.93. The summed E-state index contributed by atoms with van der Waals surface area (Å²) in [6, 6.07) is 17.2. The van der Waals surface area contributed by atoms with Crippen molar-refractivity contribution < 1.29 is 9.84 Å². The Morgan fingerprint density at radius 2 is 1.90 bits per heavy atom. The van der Waals surface area contributed by atoms with Crippen molar-refractivity contribution in [3.05, 3.63) is 72.1 Å². The number of rotatable bonds is 8. The first-order chi connectivity index (χ1) is 14.8. The van der Waals surface area contributed by atoms with Crippen molar-refractivity contribution in [2.24, 2.45) is 0 Å². The Morgan fingerprint density at radius 3 is 2.77 bits per heavy atom. The number of ether oxygens (including phenoxy) is 1. The van der Waals surface area contributed by atoms with Gasteiger partial charge >= 0.3 is 0 Å². The third-order valence-electron chi connectivity index (χ3n) is 5.96. The van der Waals surface area contributed by atoms with E-state index in [1.54, 1.807) is 0 Å². The fourth-order valence-corrected chi connectivity index (χ4v) is 4.45. The number of benzene rings is 2. The van der Waals surface area contributed by atoms with E-state index in [1.807, 2.05) is 31.5 Å². The number of hydrogen-bond donors (Lipinski definition) is 1. The molecule has 0 bridgehead atoms. The van der Waals surface area contributed by atoms with E-state index >= 15 is 0 Å². The van der Waals surface area contributed by atoms with Gasteiger partial charge in [0.15, 0.2) is 0 Å². The van der Waals surface area contributed by atoms with Crippen LogP contribution in [0.3, 0.4) is 0 Å². The fourth-order valence-electron chi connectivity index (χ4n) is 4.45. The van der Waals surface area contributed by atoms with E-state index in [0.717, 1.165) is 44.9 Å². The van der Waals surface area contributed by atoms with E-state index in [-0.39, 0.29) is 6.61 Å². The number of piperazine rings is 1. The Kier molecular flexibility index (Phi) is 6.95. The van der Waals surface area contributed by atoms with Crippen LogP contribution in [0.4, 0.5) is 0 Å². The Balaban J connectivity index is 1.47. The third-order valence-corrected chi connectivity index (χ3v) is 5.96. The molecule has 30 heavy (non-hydrogen) atoms. The molecular weight excluding hydrogens is 374 g/mol. The Hall–Kier alpha value is -2.47. The van der Waals surface area contributed by atoms with Crippen molar-refractivity contribution in [3.8, 4) is 5.75 Å². The number of pyridine rings is 1. The number of para-hydroxylation sites is 1. The van der Waals surface area contributed by atoms with Gasteiger partial charge in [0, 0.05) is 68.7 Å². The number of nitrogens with zero attached hydrogens (tertiary/aromatic N) is 3. The zero-order chi connectivity index (χ0) is 20.8. The molecule has 1 saturated heterocycles. The van der Waals surface area contributed by atoms with Crippen LogP contribution in [0.2, 0.25) is 0 Å². The van der Waals surface area contributed by atoms with E-state index < -0.39 is 0 Å². The molecule has 1 aromatic heterocycles. The third kappa shape index (κ3) is 4.81. The van der Waals surface area contributed by atoms with E-state index in [1.165, 1.54) is 21.9 Å². The molecule has 2 heterocycles. The molecule has 0 radical (unpaired) electrons. The van der Waals surface area contributed by atoms with Gasteiger partial charge < -0.3 is 9.84 Å². The molecule has 5 heteroatoms. The molecular formula is C25H31N3O2. The average molecular weight is 406 g/mol. The van der Waals surface area contributed by atoms with E-state index in [2.05, 4.69) is 51.2 Å². The van der Waals surface area contributed by atoms with Crippen LogP contribution in [-0.2, 0) is 13.1 Å². The van der Waals surface area contributed by atoms with Crippen molar-refractivity contribution in [3.63, 3.8) is 0 Å². The van der Waals surface area contributed by atoms with Gasteiger partial charge in [-0.15, -0.1) is 0 Å². The smallest absolute Gasteiger partial charge is 0.123 e. The second-order valence-electron chi connectivity index (χ2n) is 7.93. The Labute approximate surface area is 178 Å². The van der Waals surface area contributed by atoms with Gasteiger partial charge in [0.05, 0.1) is 6.61 Å². The zero-order valence-electron chi connectivity index (χ0n) is 17.7. The topological polar surface area (TPSA) is 48.8 Å². The monoisotopic (exact) mass is 405 g/mol. The minimum absolute atomic E-state index is 0.210. The molecule has 2 aromatic carbocycles. The molecule has 1 N–H and O–H groups in total. The van der Waals surface area contributed by atoms with E-state index in [4.69, 9.17) is 4.74 Å². The molecule has 1 aliphatic rings. The van der Waals surface area contributed by atoms with Gasteiger partial charge in [-0.25, -0.2) is 0 Å². The first-order valence-electron chi connectivity index (χ1n) is 10.9. The number of aliphatic hydroxyl groups is 1. The van der Waals surface area contributed by atoms with Crippen LogP contribution >= 0.6 is 0 Å². The van der Waals surface area contributed by atoms with Crippen LogP contribution in [-0.4, -0.2) is 58.8 Å². The fraction of sp³-hybridized carbons (Fsp3) is 0.400. The predicted molar refractivity (Wildman–Crippen MR) is 121 cm³/mol. The SMILES string of the molecule is CCOc1ccccc1CN1CCN(Cc2cccc3cnccc23)CC1CCO. The van der Waals surface area contributed by atoms with Gasteiger partial charge in [-0.05, 0) is 36.4 Å². The zero-order valence-corrected chi connectivity index (χ0v) is 17.7. The average Bonchev–Trinajstić information content (AvgIpc) is 2.77. The lowest BCUT2D eigenvalue weighted by Gasteiger charge is -2.41. The van der Waals surface area contributed by atoms with Crippen LogP contribution < -0.4 is 4.74 Å². The van der Waals surface area contributed by atoms with Crippen molar-refractivity contribution >= 4 is 10.8 Å². The molecule has 5 nitrogen and oxygen atoms in total. The van der Waals surface area contributed by atoms with Crippen molar-refractivity contribution in [2.75, 3.05) is 32.8 Å². The maximum atomic E-state index is 9.68. The number of aliphatic hydroxyl groups excluding tert-OH is 1. The van der Waals surface area contributed by atoms with Crippen molar-refractivity contribution in [1.82, 2.24) is 14.8 Å². The Morgan fingerprint density at radius 1 is 1.03 bits per heavy atom. The van der Waals surface area contributed by atoms with Gasteiger partial charge in [-0.3, -0.25) is 14.8 Å². The summed E-state index contributed by atoms with van der Waals surface area (Å²) in [5.41, 5.74) is 2.56. The van der Waals surface area contributed by atoms with Crippen LogP contribution in [0, 0.1) is 0 Å². The van der Waals surface area contributed by atoms with Crippen molar-refractivity contribution in [1.29, 1.82) is 0 Å². The molecule has 1 unspecified atom stereocenters. The van der Waals surface area contributed by atoms with Gasteiger partial charge in [0.25, 0.3) is 0 Å². The molecule has 0 spiro atoms. The first kappa shape index (κ1) is 20.8. The predicted octanol–water partition coefficient (Wildman–Crippen LogP) is 3.70. The summed E-state index contributed by atoms with van der Waals surface area (Å²) in [4.78, 5) is 9.26. The summed E-state index contributed by atoms with van der Waals surface area (Å²) in [6.07, 6.45) is 4.59. The Bertz CT molecular complexity index is 957. The number of fused-ring (bicyclic) bond motifs is 1. The van der Waals surface area contributed by atoms with Gasteiger partial charge in [0.2, 0.25) is 0 Å². The quantitative estimate of drug-likeness (QED) is 0.619. The lowest BCUT2D eigenvalue weighted by molar-refractivity contribution is 0.0496. The van der Waals surface area contributed by atoms with Crippen LogP contribution in [0.15, 0.2) is 60.9 Å². The minimum atomic E-state index is 0.210. The summed E-state index contributed by atoms with van der Waals surface area (Å²) in [5, 5.41) is 12.1. The van der Waals surface area contributed by atoms with Crippen LogP contribution in [0.25, 0.3) is 10.8 Å². The van der Waals surface area contributed by atoms with Crippen molar-refractivity contribution in [2.45, 2.75) is 32.5 Å². The highest BCUT2D eigenvalue weighted by Gasteiger charge is 2.27. The first-order valence-corrected chi connectivity index (χ1v) is 10.9. The molecule has 158 valence electrons. The minimum Gasteiger partial charge on any atom is -0.494 e. The highest BCUT2D eigenvalue weighted by Crippen LogP contribution is 2.25. The maximum absolute atomic E-state index is 9.68. The molecule has 4 rings (SSSR count). The van der Waals surface area contributed by atoms with E-state index in [0.29, 0.717) is 12.6 Å². The summed E-state index contributed by atoms with van der Waals surface area (Å²) in [7, 11) is 0. The van der Waals surface area contributed by atoms with Crippen LogP contribution in [0.1, 0.15) is 24.5 Å². The summed E-state index contributed by atoms with van der Waals surface area (Å²) >= 11 is 0. The van der Waals surface area contributed by atoms with E-state index in [9.17, 15) is 5.11 Å². The van der Waals surface area contributed by atoms with Crippen LogP contribution in [0.5, 0.6) is 5.75 Å². The maximum Gasteiger partial charge on any atom is 0.123 e. The molecule has 1 atom stereocenters. The lowest BCUT2D eigenvalue weighted by Crippen LogP contribution is -2.52. The second kappa shape index (κ2) is 10.0. The summed E-state index contributed by atoms with van der Waals surface area (Å²) in [6.45, 7) is 7.64. The van der Waals surface area contributed by atoms with Gasteiger partial charge in [-0.2, -0.15) is 0 Å². The highest BCUT2D eigenvalue weighted by molar-refractivity contribution is 5.84. The van der Waals surface area contributed by atoms with Gasteiger partial charge in [-0.1, -0.05) is 36.4 Å². The molecule has 1 aliphatic heterocycles. The summed E-state index contributed by atoms with van der Waals surface area (Å²) < 4.78 is 5.82. The van der Waals surface area contributed by atoms with Gasteiger partial charge in [0.1, 0.15) is 5.75 Å². The standard InChI is InChI=1S/C25H31N3O2/c1-2-30-25-9-4-3-6-22(25)18-28-14-13-27(19-23(28)11-15-29)17-21-8-5-7-20-16-26-12-10-24(20)21/h3-10,12,16,23,29H,2,11,13-15,17-19H2,1H3. The number of hydrogen-bond acceptors (Lipinski definition) is 5. The number of aromatic nitrogens is 1. The molecule has 3 aromatic rings. The molecule has 0 saturated carbocycles. The molecule has 0 aliphatic carbocycles. The normalized spacial score (nSPS) is 18.0. The highest BCUT2D eigenvalue weighted by atomic mass is 16.5.